The van der Waals surface area contributed by atoms with Crippen molar-refractivity contribution in [3.8, 4) is 0 Å². The molecular weight excluding hydrogens is 192 g/mol. The highest BCUT2D eigenvalue weighted by Crippen LogP contribution is 2.09. The summed E-state index contributed by atoms with van der Waals surface area (Å²) in [6, 6.07) is 0. The van der Waals surface area contributed by atoms with E-state index in [1.165, 1.54) is 0 Å². The number of nitrogens with zero attached hydrogens (tertiary/aromatic N) is 1. The summed E-state index contributed by atoms with van der Waals surface area (Å²) >= 11 is 0. The van der Waals surface area contributed by atoms with Crippen molar-refractivity contribution < 1.29 is 4.79 Å². The molecule has 2 heterocycles. The standard InChI is InChI=1S/C10H16N4O/c15-10(8-2-1-3-11-6-8)14-7-9-12-4-5-13-9/h4-5,8,11H,1-3,6-7H2,(H,12,13)(H,14,15). The lowest BCUT2D eigenvalue weighted by molar-refractivity contribution is -0.125. The number of imidazole rings is 1. The first-order chi connectivity index (χ1) is 7.36. The first-order valence-corrected chi connectivity index (χ1v) is 5.33. The summed E-state index contributed by atoms with van der Waals surface area (Å²) < 4.78 is 0. The molecule has 1 amide bonds. The van der Waals surface area contributed by atoms with Crippen molar-refractivity contribution in [2.45, 2.75) is 19.4 Å². The highest BCUT2D eigenvalue weighted by Gasteiger charge is 2.20. The number of aromatic amines is 1. The fourth-order valence-electron chi connectivity index (χ4n) is 1.79. The summed E-state index contributed by atoms with van der Waals surface area (Å²) in [7, 11) is 0. The Balaban J connectivity index is 1.76. The Labute approximate surface area is 88.7 Å². The quantitative estimate of drug-likeness (QED) is 0.656. The second-order valence-electron chi connectivity index (χ2n) is 3.80. The zero-order valence-electron chi connectivity index (χ0n) is 8.62. The van der Waals surface area contributed by atoms with E-state index < -0.39 is 0 Å². The molecule has 1 atom stereocenters. The molecule has 5 heteroatoms. The van der Waals surface area contributed by atoms with E-state index in [1.54, 1.807) is 12.4 Å². The minimum Gasteiger partial charge on any atom is -0.349 e. The van der Waals surface area contributed by atoms with Crippen molar-refractivity contribution in [2.24, 2.45) is 5.92 Å². The van der Waals surface area contributed by atoms with Crippen LogP contribution in [0.1, 0.15) is 18.7 Å². The summed E-state index contributed by atoms with van der Waals surface area (Å²) in [6.07, 6.45) is 5.50. The van der Waals surface area contributed by atoms with Crippen LogP contribution >= 0.6 is 0 Å². The van der Waals surface area contributed by atoms with Crippen LogP contribution in [0.4, 0.5) is 0 Å². The predicted molar refractivity (Wildman–Crippen MR) is 56.0 cm³/mol. The lowest BCUT2D eigenvalue weighted by Gasteiger charge is -2.21. The number of nitrogens with one attached hydrogen (secondary N) is 3. The summed E-state index contributed by atoms with van der Waals surface area (Å²) in [5.74, 6) is 1.04. The lowest BCUT2D eigenvalue weighted by Crippen LogP contribution is -2.40. The molecule has 1 aliphatic heterocycles. The van der Waals surface area contributed by atoms with Crippen molar-refractivity contribution in [1.82, 2.24) is 20.6 Å². The number of amides is 1. The molecule has 1 aliphatic rings. The third kappa shape index (κ3) is 2.79. The summed E-state index contributed by atoms with van der Waals surface area (Å²) in [5, 5.41) is 6.11. The molecule has 1 fully saturated rings. The fourth-order valence-corrected chi connectivity index (χ4v) is 1.79. The smallest absolute Gasteiger partial charge is 0.224 e. The van der Waals surface area contributed by atoms with Gasteiger partial charge in [-0.2, -0.15) is 0 Å². The number of hydrogen-bond acceptors (Lipinski definition) is 3. The van der Waals surface area contributed by atoms with E-state index in [0.29, 0.717) is 6.54 Å². The molecule has 3 N–H and O–H groups in total. The van der Waals surface area contributed by atoms with Crippen molar-refractivity contribution in [3.05, 3.63) is 18.2 Å². The van der Waals surface area contributed by atoms with Crippen molar-refractivity contribution in [1.29, 1.82) is 0 Å². The van der Waals surface area contributed by atoms with Crippen molar-refractivity contribution >= 4 is 5.91 Å². The van der Waals surface area contributed by atoms with Gasteiger partial charge in [0.1, 0.15) is 5.82 Å². The third-order valence-electron chi connectivity index (χ3n) is 2.65. The van der Waals surface area contributed by atoms with Crippen LogP contribution in [0.3, 0.4) is 0 Å². The molecule has 5 nitrogen and oxygen atoms in total. The number of piperidine rings is 1. The van der Waals surface area contributed by atoms with Gasteiger partial charge < -0.3 is 15.6 Å². The Morgan fingerprint density at radius 2 is 2.60 bits per heavy atom. The van der Waals surface area contributed by atoms with E-state index in [2.05, 4.69) is 20.6 Å². The van der Waals surface area contributed by atoms with Gasteiger partial charge >= 0.3 is 0 Å². The SMILES string of the molecule is O=C(NCc1ncc[nH]1)C1CCCNC1. The van der Waals surface area contributed by atoms with E-state index in [0.717, 1.165) is 31.8 Å². The van der Waals surface area contributed by atoms with Gasteiger partial charge in [-0.15, -0.1) is 0 Å². The molecule has 0 aromatic carbocycles. The maximum atomic E-state index is 11.7. The Morgan fingerprint density at radius 3 is 3.27 bits per heavy atom. The van der Waals surface area contributed by atoms with Crippen LogP contribution < -0.4 is 10.6 Å². The highest BCUT2D eigenvalue weighted by molar-refractivity contribution is 5.78. The van der Waals surface area contributed by atoms with Crippen LogP contribution in [0.2, 0.25) is 0 Å². The minimum atomic E-state index is 0.119. The number of H-pyrrole nitrogens is 1. The summed E-state index contributed by atoms with van der Waals surface area (Å²) in [6.45, 7) is 2.31. The van der Waals surface area contributed by atoms with Gasteiger partial charge in [0.05, 0.1) is 12.5 Å². The zero-order chi connectivity index (χ0) is 10.5. The molecule has 0 bridgehead atoms. The Bertz CT molecular complexity index is 303. The van der Waals surface area contributed by atoms with Crippen molar-refractivity contribution in [2.75, 3.05) is 13.1 Å². The van der Waals surface area contributed by atoms with Gasteiger partial charge in [0.2, 0.25) is 5.91 Å². The van der Waals surface area contributed by atoms with Gasteiger partial charge in [0, 0.05) is 18.9 Å². The second kappa shape index (κ2) is 4.93. The number of carbonyl (C=O) groups is 1. The molecular formula is C10H16N4O. The highest BCUT2D eigenvalue weighted by atomic mass is 16.1. The molecule has 15 heavy (non-hydrogen) atoms. The number of hydrogen-bond donors (Lipinski definition) is 3. The molecule has 1 aromatic heterocycles. The van der Waals surface area contributed by atoms with Gasteiger partial charge in [-0.05, 0) is 19.4 Å². The Hall–Kier alpha value is -1.36. The fraction of sp³-hybridized carbons (Fsp3) is 0.600. The van der Waals surface area contributed by atoms with Crippen LogP contribution in [-0.4, -0.2) is 29.0 Å². The Kier molecular flexibility index (Phi) is 3.34. The molecule has 0 aliphatic carbocycles. The first kappa shape index (κ1) is 10.2. The summed E-state index contributed by atoms with van der Waals surface area (Å²) in [5.41, 5.74) is 0. The van der Waals surface area contributed by atoms with Gasteiger partial charge in [-0.25, -0.2) is 4.98 Å². The molecule has 0 saturated carbocycles. The average molecular weight is 208 g/mol. The van der Waals surface area contributed by atoms with Crippen LogP contribution in [0, 0.1) is 5.92 Å². The molecule has 0 radical (unpaired) electrons. The van der Waals surface area contributed by atoms with Gasteiger partial charge in [-0.1, -0.05) is 0 Å². The first-order valence-electron chi connectivity index (χ1n) is 5.33. The van der Waals surface area contributed by atoms with E-state index in [4.69, 9.17) is 0 Å². The monoisotopic (exact) mass is 208 g/mol. The molecule has 2 rings (SSSR count). The minimum absolute atomic E-state index is 0.119. The molecule has 1 aromatic rings. The van der Waals surface area contributed by atoms with Crippen molar-refractivity contribution in [3.63, 3.8) is 0 Å². The van der Waals surface area contributed by atoms with Crippen LogP contribution in [-0.2, 0) is 11.3 Å². The topological polar surface area (TPSA) is 69.8 Å². The van der Waals surface area contributed by atoms with Gasteiger partial charge in [0.15, 0.2) is 0 Å². The maximum Gasteiger partial charge on any atom is 0.224 e. The van der Waals surface area contributed by atoms with Crippen LogP contribution in [0.25, 0.3) is 0 Å². The van der Waals surface area contributed by atoms with Gasteiger partial charge in [0.25, 0.3) is 0 Å². The van der Waals surface area contributed by atoms with E-state index in [1.807, 2.05) is 0 Å². The predicted octanol–water partition coefficient (Wildman–Crippen LogP) is 0.0255. The number of carbonyl (C=O) groups excluding carboxylic acids is 1. The van der Waals surface area contributed by atoms with E-state index in [9.17, 15) is 4.79 Å². The number of aromatic nitrogens is 2. The van der Waals surface area contributed by atoms with Crippen LogP contribution in [0.5, 0.6) is 0 Å². The van der Waals surface area contributed by atoms with Gasteiger partial charge in [-0.3, -0.25) is 4.79 Å². The van der Waals surface area contributed by atoms with E-state index in [-0.39, 0.29) is 11.8 Å². The normalized spacial score (nSPS) is 21.2. The number of rotatable bonds is 3. The molecule has 1 unspecified atom stereocenters. The van der Waals surface area contributed by atoms with E-state index >= 15 is 0 Å². The maximum absolute atomic E-state index is 11.7. The molecule has 82 valence electrons. The molecule has 1 saturated heterocycles. The average Bonchev–Trinajstić information content (AvgIpc) is 2.80. The second-order valence-corrected chi connectivity index (χ2v) is 3.80. The lowest BCUT2D eigenvalue weighted by atomic mass is 9.99. The largest absolute Gasteiger partial charge is 0.349 e. The third-order valence-corrected chi connectivity index (χ3v) is 2.65. The summed E-state index contributed by atoms with van der Waals surface area (Å²) in [4.78, 5) is 18.7. The Morgan fingerprint density at radius 1 is 1.67 bits per heavy atom. The van der Waals surface area contributed by atoms with Crippen LogP contribution in [0.15, 0.2) is 12.4 Å². The molecule has 0 spiro atoms. The zero-order valence-corrected chi connectivity index (χ0v) is 8.62.